The van der Waals surface area contributed by atoms with E-state index in [4.69, 9.17) is 9.68 Å². The highest BCUT2D eigenvalue weighted by Crippen LogP contribution is 2.36. The zero-order valence-corrected chi connectivity index (χ0v) is 15.4. The number of hydrogen-bond acceptors (Lipinski definition) is 5. The van der Waals surface area contributed by atoms with Crippen LogP contribution in [0, 0.1) is 6.92 Å². The van der Waals surface area contributed by atoms with Crippen LogP contribution in [0.3, 0.4) is 0 Å². The van der Waals surface area contributed by atoms with Crippen LogP contribution in [-0.2, 0) is 9.68 Å². The number of benzene rings is 2. The fourth-order valence-corrected chi connectivity index (χ4v) is 3.54. The number of carbonyl (C=O) groups is 1. The molecule has 2 aliphatic heterocycles. The summed E-state index contributed by atoms with van der Waals surface area (Å²) in [6, 6.07) is 17.7. The third-order valence-electron chi connectivity index (χ3n) is 5.06. The predicted molar refractivity (Wildman–Crippen MR) is 104 cm³/mol. The number of nitrogens with one attached hydrogen (secondary N) is 1. The van der Waals surface area contributed by atoms with Crippen LogP contribution in [0.25, 0.3) is 0 Å². The van der Waals surface area contributed by atoms with Crippen molar-refractivity contribution in [1.29, 1.82) is 0 Å². The van der Waals surface area contributed by atoms with Gasteiger partial charge in [0.25, 0.3) is 0 Å². The van der Waals surface area contributed by atoms with E-state index >= 15 is 0 Å². The van der Waals surface area contributed by atoms with Crippen LogP contribution in [0.15, 0.2) is 59.8 Å². The number of nitrogens with zero attached hydrogens (tertiary/aromatic N) is 2. The van der Waals surface area contributed by atoms with Gasteiger partial charge in [-0.15, -0.1) is 5.06 Å². The van der Waals surface area contributed by atoms with Crippen molar-refractivity contribution in [3.63, 3.8) is 0 Å². The van der Waals surface area contributed by atoms with Crippen LogP contribution in [-0.4, -0.2) is 35.6 Å². The van der Waals surface area contributed by atoms with Crippen molar-refractivity contribution in [2.75, 3.05) is 18.4 Å². The van der Waals surface area contributed by atoms with E-state index in [2.05, 4.69) is 22.6 Å². The molecule has 1 amide bonds. The predicted octanol–water partition coefficient (Wildman–Crippen LogP) is 4.12. The van der Waals surface area contributed by atoms with Gasteiger partial charge < -0.3 is 9.68 Å². The second-order valence-corrected chi connectivity index (χ2v) is 7.16. The molecule has 0 unspecified atom stereocenters. The van der Waals surface area contributed by atoms with Gasteiger partial charge in [-0.05, 0) is 30.2 Å². The summed E-state index contributed by atoms with van der Waals surface area (Å²) in [7, 11) is 0. The molecule has 0 saturated carbocycles. The Hall–Kier alpha value is -2.86. The molecular formula is C21H23N3O3. The Bertz CT molecular complexity index is 843. The summed E-state index contributed by atoms with van der Waals surface area (Å²) in [6.45, 7) is 3.23. The van der Waals surface area contributed by atoms with E-state index in [0.717, 1.165) is 41.8 Å². The van der Waals surface area contributed by atoms with E-state index in [1.165, 1.54) is 0 Å². The van der Waals surface area contributed by atoms with Crippen molar-refractivity contribution in [2.24, 2.45) is 5.16 Å². The molecule has 2 aromatic rings. The molecule has 2 aromatic carbocycles. The van der Waals surface area contributed by atoms with Crippen LogP contribution >= 0.6 is 0 Å². The number of piperidine rings is 1. The molecule has 0 atom stereocenters. The molecule has 2 heterocycles. The molecule has 0 bridgehead atoms. The van der Waals surface area contributed by atoms with Gasteiger partial charge in [-0.1, -0.05) is 47.6 Å². The second kappa shape index (κ2) is 7.40. The molecule has 1 N–H and O–H groups in total. The van der Waals surface area contributed by atoms with Crippen LogP contribution < -0.4 is 5.32 Å². The molecule has 27 heavy (non-hydrogen) atoms. The molecule has 0 aromatic heterocycles. The summed E-state index contributed by atoms with van der Waals surface area (Å²) in [4.78, 5) is 23.4. The number of hydroxylamine groups is 2. The fourth-order valence-electron chi connectivity index (χ4n) is 3.54. The van der Waals surface area contributed by atoms with Crippen molar-refractivity contribution in [1.82, 2.24) is 5.06 Å². The number of aryl methyl sites for hydroxylation is 1. The zero-order valence-electron chi connectivity index (χ0n) is 15.4. The summed E-state index contributed by atoms with van der Waals surface area (Å²) in [5, 5.41) is 8.77. The number of anilines is 1. The minimum atomic E-state index is -0.467. The third-order valence-corrected chi connectivity index (χ3v) is 5.06. The number of amides is 1. The first kappa shape index (κ1) is 17.5. The highest BCUT2D eigenvalue weighted by molar-refractivity contribution is 6.01. The minimum Gasteiger partial charge on any atom is -0.388 e. The van der Waals surface area contributed by atoms with E-state index in [1.807, 2.05) is 49.4 Å². The van der Waals surface area contributed by atoms with E-state index in [1.54, 1.807) is 5.06 Å². The summed E-state index contributed by atoms with van der Waals surface area (Å²) >= 11 is 0. The maximum atomic E-state index is 12.1. The van der Waals surface area contributed by atoms with Gasteiger partial charge in [-0.2, -0.15) is 0 Å². The molecule has 6 heteroatoms. The van der Waals surface area contributed by atoms with E-state index in [-0.39, 0.29) is 5.60 Å². The lowest BCUT2D eigenvalue weighted by atomic mass is 9.86. The lowest BCUT2D eigenvalue weighted by Crippen LogP contribution is -2.45. The summed E-state index contributed by atoms with van der Waals surface area (Å²) in [5.74, 6) is 0. The molecule has 1 fully saturated rings. The highest BCUT2D eigenvalue weighted by Gasteiger charge is 2.43. The fraction of sp³-hybridized carbons (Fsp3) is 0.333. The van der Waals surface area contributed by atoms with Crippen molar-refractivity contribution < 1.29 is 14.5 Å². The topological polar surface area (TPSA) is 63.2 Å². The molecule has 2 aliphatic rings. The molecule has 140 valence electrons. The van der Waals surface area contributed by atoms with Crippen LogP contribution in [0.4, 0.5) is 10.5 Å². The summed E-state index contributed by atoms with van der Waals surface area (Å²) < 4.78 is 0. The molecule has 0 aliphatic carbocycles. The van der Waals surface area contributed by atoms with Crippen LogP contribution in [0.2, 0.25) is 0 Å². The van der Waals surface area contributed by atoms with Crippen LogP contribution in [0.5, 0.6) is 0 Å². The number of oxime groups is 1. The molecule has 4 rings (SSSR count). The standard InChI is InChI=1S/C21H23N3O3/c1-16-6-5-9-18(14-16)22-20(25)26-24-12-10-21(11-13-24)15-19(23-27-21)17-7-3-2-4-8-17/h2-9,14H,10-13,15H2,1H3,(H,22,25). The Morgan fingerprint density at radius 1 is 1.15 bits per heavy atom. The average molecular weight is 365 g/mol. The number of hydrogen-bond donors (Lipinski definition) is 1. The van der Waals surface area contributed by atoms with E-state index in [0.29, 0.717) is 13.1 Å². The summed E-state index contributed by atoms with van der Waals surface area (Å²) in [6.07, 6.45) is 1.86. The Labute approximate surface area is 158 Å². The molecule has 0 radical (unpaired) electrons. The molecule has 6 nitrogen and oxygen atoms in total. The van der Waals surface area contributed by atoms with Gasteiger partial charge in [0, 0.05) is 38.0 Å². The Morgan fingerprint density at radius 3 is 2.67 bits per heavy atom. The van der Waals surface area contributed by atoms with Gasteiger partial charge in [0.1, 0.15) is 5.60 Å². The highest BCUT2D eigenvalue weighted by atomic mass is 16.7. The van der Waals surface area contributed by atoms with Gasteiger partial charge in [0.2, 0.25) is 0 Å². The maximum Gasteiger partial charge on any atom is 0.430 e. The van der Waals surface area contributed by atoms with E-state index < -0.39 is 6.09 Å². The molecule has 1 saturated heterocycles. The Kier molecular flexibility index (Phi) is 4.81. The molecular weight excluding hydrogens is 342 g/mol. The summed E-state index contributed by atoms with van der Waals surface area (Å²) in [5.41, 5.74) is 3.62. The van der Waals surface area contributed by atoms with Crippen molar-refractivity contribution in [3.05, 3.63) is 65.7 Å². The first-order valence-corrected chi connectivity index (χ1v) is 9.23. The van der Waals surface area contributed by atoms with Crippen molar-refractivity contribution in [3.8, 4) is 0 Å². The molecule has 1 spiro atoms. The van der Waals surface area contributed by atoms with Gasteiger partial charge in [0.15, 0.2) is 0 Å². The van der Waals surface area contributed by atoms with Crippen molar-refractivity contribution in [2.45, 2.75) is 31.8 Å². The largest absolute Gasteiger partial charge is 0.430 e. The normalized spacial score (nSPS) is 18.6. The Balaban J connectivity index is 1.28. The van der Waals surface area contributed by atoms with E-state index in [9.17, 15) is 4.79 Å². The first-order chi connectivity index (χ1) is 13.1. The van der Waals surface area contributed by atoms with Crippen LogP contribution in [0.1, 0.15) is 30.4 Å². The van der Waals surface area contributed by atoms with Gasteiger partial charge in [0.05, 0.1) is 5.71 Å². The smallest absolute Gasteiger partial charge is 0.388 e. The van der Waals surface area contributed by atoms with Crippen molar-refractivity contribution >= 4 is 17.5 Å². The number of carbonyl (C=O) groups excluding carboxylic acids is 1. The first-order valence-electron chi connectivity index (χ1n) is 9.23. The quantitative estimate of drug-likeness (QED) is 0.889. The third kappa shape index (κ3) is 4.11. The van der Waals surface area contributed by atoms with Gasteiger partial charge in [-0.3, -0.25) is 5.32 Å². The van der Waals surface area contributed by atoms with Gasteiger partial charge >= 0.3 is 6.09 Å². The zero-order chi connectivity index (χ0) is 18.7. The maximum absolute atomic E-state index is 12.1. The SMILES string of the molecule is Cc1cccc(NC(=O)ON2CCC3(CC2)CC(c2ccccc2)=NO3)c1. The monoisotopic (exact) mass is 365 g/mol. The second-order valence-electron chi connectivity index (χ2n) is 7.16. The average Bonchev–Trinajstić information content (AvgIpc) is 3.08. The van der Waals surface area contributed by atoms with Gasteiger partial charge in [-0.25, -0.2) is 4.79 Å². The lowest BCUT2D eigenvalue weighted by molar-refractivity contribution is -0.154. The Morgan fingerprint density at radius 2 is 1.93 bits per heavy atom. The minimum absolute atomic E-state index is 0.280. The lowest BCUT2D eigenvalue weighted by Gasteiger charge is -2.35. The number of rotatable bonds is 3.